The highest BCUT2D eigenvalue weighted by molar-refractivity contribution is 6.30. The van der Waals surface area contributed by atoms with Crippen molar-refractivity contribution in [3.05, 3.63) is 106 Å². The lowest BCUT2D eigenvalue weighted by Gasteiger charge is -2.07. The quantitative estimate of drug-likeness (QED) is 0.568. The normalized spacial score (nSPS) is 12.4. The average Bonchev–Trinajstić information content (AvgIpc) is 2.75. The summed E-state index contributed by atoms with van der Waals surface area (Å²) in [6.45, 7) is 0. The molecule has 0 saturated carbocycles. The monoisotopic (exact) mass is 343 g/mol. The van der Waals surface area contributed by atoms with Crippen LogP contribution in [0.25, 0.3) is 11.6 Å². The van der Waals surface area contributed by atoms with Crippen molar-refractivity contribution in [1.82, 2.24) is 0 Å². The van der Waals surface area contributed by atoms with E-state index in [-0.39, 0.29) is 5.91 Å². The maximum absolute atomic E-state index is 12.6. The van der Waals surface area contributed by atoms with Gasteiger partial charge >= 0.3 is 0 Å². The first-order chi connectivity index (χ1) is 12.2. The van der Waals surface area contributed by atoms with Crippen LogP contribution in [0, 0.1) is 0 Å². The third-order valence-corrected chi connectivity index (χ3v) is 4.35. The Kier molecular flexibility index (Phi) is 3.99. The van der Waals surface area contributed by atoms with E-state index in [1.54, 1.807) is 0 Å². The summed E-state index contributed by atoms with van der Waals surface area (Å²) in [5.74, 6) is -0.109. The van der Waals surface area contributed by atoms with E-state index in [0.717, 1.165) is 28.0 Å². The molecule has 1 aliphatic heterocycles. The van der Waals surface area contributed by atoms with Gasteiger partial charge in [0, 0.05) is 33.0 Å². The predicted molar refractivity (Wildman–Crippen MR) is 103 cm³/mol. The Hall–Kier alpha value is -3.06. The summed E-state index contributed by atoms with van der Waals surface area (Å²) in [7, 11) is 0. The van der Waals surface area contributed by atoms with Crippen LogP contribution in [0.1, 0.15) is 27.0 Å². The molecule has 0 aromatic heterocycles. The van der Waals surface area contributed by atoms with Crippen molar-refractivity contribution in [2.75, 3.05) is 5.32 Å². The number of anilines is 1. The van der Waals surface area contributed by atoms with Crippen LogP contribution >= 0.6 is 11.6 Å². The molecule has 0 saturated heterocycles. The number of hydrogen-bond acceptors (Lipinski definition) is 1. The fourth-order valence-electron chi connectivity index (χ4n) is 2.95. The van der Waals surface area contributed by atoms with E-state index in [0.29, 0.717) is 10.6 Å². The maximum atomic E-state index is 12.6. The Bertz CT molecular complexity index is 1050. The third-order valence-electron chi connectivity index (χ3n) is 4.12. The average molecular weight is 344 g/mol. The molecule has 4 rings (SSSR count). The van der Waals surface area contributed by atoms with E-state index in [2.05, 4.69) is 11.0 Å². The molecular formula is C22H14ClNO. The Morgan fingerprint density at radius 3 is 2.36 bits per heavy atom. The van der Waals surface area contributed by atoms with Crippen LogP contribution < -0.4 is 5.32 Å². The Balaban J connectivity index is 1.99. The van der Waals surface area contributed by atoms with E-state index < -0.39 is 0 Å². The zero-order valence-corrected chi connectivity index (χ0v) is 14.0. The lowest BCUT2D eigenvalue weighted by molar-refractivity contribution is 0.102. The first-order valence-corrected chi connectivity index (χ1v) is 8.32. The fourth-order valence-corrected chi connectivity index (χ4v) is 3.15. The molecule has 1 aliphatic rings. The fraction of sp³-hybridized carbons (Fsp3) is 0. The lowest BCUT2D eigenvalue weighted by atomic mass is 9.94. The Labute approximate surface area is 151 Å². The number of carbonyl (C=O) groups excluding carboxylic acids is 1. The van der Waals surface area contributed by atoms with Crippen molar-refractivity contribution in [3.63, 3.8) is 0 Å². The van der Waals surface area contributed by atoms with Crippen LogP contribution in [-0.4, -0.2) is 5.91 Å². The van der Waals surface area contributed by atoms with Gasteiger partial charge in [-0.25, -0.2) is 0 Å². The number of carbonyl (C=O) groups is 1. The molecule has 0 radical (unpaired) electrons. The van der Waals surface area contributed by atoms with Crippen LogP contribution in [0.2, 0.25) is 5.02 Å². The number of fused-ring (bicyclic) bond motifs is 2. The summed E-state index contributed by atoms with van der Waals surface area (Å²) >= 11 is 6.06. The molecule has 1 amide bonds. The standard InChI is InChI=1S/C22H14ClNO/c23-16-7-5-6-15(14-16)12-13-18-17-8-1-2-10-20(17)22(25)24-21-11-4-3-9-19(18)21/h1-12,14H,(H,24,25). The highest BCUT2D eigenvalue weighted by Crippen LogP contribution is 2.34. The summed E-state index contributed by atoms with van der Waals surface area (Å²) < 4.78 is 0. The van der Waals surface area contributed by atoms with Gasteiger partial charge in [-0.3, -0.25) is 4.79 Å². The SMILES string of the molecule is O=C1Nc2ccccc2C(=C=Cc2cccc(Cl)c2)c2ccccc21. The maximum Gasteiger partial charge on any atom is 0.256 e. The van der Waals surface area contributed by atoms with Crippen molar-refractivity contribution in [2.45, 2.75) is 0 Å². The second kappa shape index (κ2) is 6.45. The zero-order valence-electron chi connectivity index (χ0n) is 13.3. The zero-order chi connectivity index (χ0) is 17.2. The molecule has 0 aliphatic carbocycles. The molecule has 1 heterocycles. The van der Waals surface area contributed by atoms with Crippen LogP contribution in [0.4, 0.5) is 5.69 Å². The first-order valence-electron chi connectivity index (χ1n) is 7.95. The highest BCUT2D eigenvalue weighted by Gasteiger charge is 2.22. The minimum absolute atomic E-state index is 0.109. The first kappa shape index (κ1) is 15.5. The summed E-state index contributed by atoms with van der Waals surface area (Å²) in [6, 6.07) is 22.9. The van der Waals surface area contributed by atoms with Crippen LogP contribution in [0.15, 0.2) is 78.5 Å². The third kappa shape index (κ3) is 3.01. The lowest BCUT2D eigenvalue weighted by Crippen LogP contribution is -2.11. The van der Waals surface area contributed by atoms with Crippen molar-refractivity contribution in [3.8, 4) is 0 Å². The van der Waals surface area contributed by atoms with Gasteiger partial charge in [-0.2, -0.15) is 0 Å². The van der Waals surface area contributed by atoms with Gasteiger partial charge in [0.2, 0.25) is 0 Å². The smallest absolute Gasteiger partial charge is 0.256 e. The number of rotatable bonds is 1. The van der Waals surface area contributed by atoms with Crippen LogP contribution in [0.5, 0.6) is 0 Å². The second-order valence-corrected chi connectivity index (χ2v) is 6.20. The van der Waals surface area contributed by atoms with Gasteiger partial charge in [-0.1, -0.05) is 60.1 Å². The van der Waals surface area contributed by atoms with Crippen molar-refractivity contribution in [2.24, 2.45) is 0 Å². The summed E-state index contributed by atoms with van der Waals surface area (Å²) in [4.78, 5) is 12.6. The minimum Gasteiger partial charge on any atom is -0.321 e. The van der Waals surface area contributed by atoms with Gasteiger partial charge in [0.1, 0.15) is 0 Å². The minimum atomic E-state index is -0.109. The van der Waals surface area contributed by atoms with E-state index in [1.165, 1.54) is 0 Å². The van der Waals surface area contributed by atoms with E-state index >= 15 is 0 Å². The largest absolute Gasteiger partial charge is 0.321 e. The van der Waals surface area contributed by atoms with E-state index in [4.69, 9.17) is 11.6 Å². The molecule has 0 atom stereocenters. The number of para-hydroxylation sites is 1. The van der Waals surface area contributed by atoms with Gasteiger partial charge in [-0.05, 0) is 35.9 Å². The van der Waals surface area contributed by atoms with Gasteiger partial charge in [0.15, 0.2) is 0 Å². The molecule has 1 N–H and O–H groups in total. The topological polar surface area (TPSA) is 29.1 Å². The molecule has 3 aromatic carbocycles. The van der Waals surface area contributed by atoms with Crippen molar-refractivity contribution < 1.29 is 4.79 Å². The molecule has 2 nitrogen and oxygen atoms in total. The molecule has 25 heavy (non-hydrogen) atoms. The van der Waals surface area contributed by atoms with E-state index in [9.17, 15) is 4.79 Å². The molecule has 3 heteroatoms. The van der Waals surface area contributed by atoms with Gasteiger partial charge in [0.05, 0.1) is 0 Å². The molecule has 0 unspecified atom stereocenters. The molecule has 0 spiro atoms. The predicted octanol–water partition coefficient (Wildman–Crippen LogP) is 5.65. The molecule has 0 fully saturated rings. The number of nitrogens with one attached hydrogen (secondary N) is 1. The van der Waals surface area contributed by atoms with Gasteiger partial charge < -0.3 is 5.32 Å². The summed E-state index contributed by atoms with van der Waals surface area (Å²) in [6.07, 6.45) is 1.89. The number of halogens is 1. The van der Waals surface area contributed by atoms with E-state index in [1.807, 2.05) is 78.9 Å². The van der Waals surface area contributed by atoms with Gasteiger partial charge in [-0.15, -0.1) is 5.73 Å². The molecule has 120 valence electrons. The molecule has 3 aromatic rings. The molecule has 0 bridgehead atoms. The summed E-state index contributed by atoms with van der Waals surface area (Å²) in [5, 5.41) is 3.66. The molecular weight excluding hydrogens is 330 g/mol. The number of amides is 1. The summed E-state index contributed by atoms with van der Waals surface area (Å²) in [5.41, 5.74) is 8.45. The van der Waals surface area contributed by atoms with Crippen molar-refractivity contribution in [1.29, 1.82) is 0 Å². The van der Waals surface area contributed by atoms with Gasteiger partial charge in [0.25, 0.3) is 5.91 Å². The van der Waals surface area contributed by atoms with Crippen molar-refractivity contribution >= 4 is 34.8 Å². The van der Waals surface area contributed by atoms with Crippen LogP contribution in [0.3, 0.4) is 0 Å². The number of benzene rings is 3. The highest BCUT2D eigenvalue weighted by atomic mass is 35.5. The Morgan fingerprint density at radius 2 is 1.56 bits per heavy atom. The van der Waals surface area contributed by atoms with Crippen LogP contribution in [-0.2, 0) is 0 Å². The second-order valence-electron chi connectivity index (χ2n) is 5.76. The Morgan fingerprint density at radius 1 is 0.840 bits per heavy atom. The number of hydrogen-bond donors (Lipinski definition) is 1.